The number of amides is 1. The van der Waals surface area contributed by atoms with Crippen LogP contribution in [0.1, 0.15) is 40.0 Å². The van der Waals surface area contributed by atoms with Crippen LogP contribution in [0.2, 0.25) is 0 Å². The molecule has 0 aromatic carbocycles. The molecule has 2 atom stereocenters. The van der Waals surface area contributed by atoms with Crippen LogP contribution in [0, 0.1) is 16.2 Å². The molecular formula is C14H21NO2. The first-order chi connectivity index (χ1) is 7.82. The van der Waals surface area contributed by atoms with Crippen molar-refractivity contribution in [3.05, 3.63) is 12.7 Å². The monoisotopic (exact) mass is 235 g/mol. The fourth-order valence-corrected chi connectivity index (χ4v) is 3.69. The molecule has 0 heterocycles. The van der Waals surface area contributed by atoms with Gasteiger partial charge in [-0.2, -0.15) is 0 Å². The molecule has 0 aromatic rings. The second-order valence-corrected chi connectivity index (χ2v) is 6.14. The molecule has 2 fully saturated rings. The van der Waals surface area contributed by atoms with Gasteiger partial charge >= 0.3 is 0 Å². The highest BCUT2D eigenvalue weighted by Gasteiger charge is 2.72. The summed E-state index contributed by atoms with van der Waals surface area (Å²) in [5.41, 5.74) is -1.07. The van der Waals surface area contributed by atoms with Crippen molar-refractivity contribution < 1.29 is 9.59 Å². The molecule has 0 aromatic heterocycles. The first kappa shape index (κ1) is 12.3. The summed E-state index contributed by atoms with van der Waals surface area (Å²) in [5, 5.41) is 2.88. The van der Waals surface area contributed by atoms with Crippen LogP contribution >= 0.6 is 0 Å². The lowest BCUT2D eigenvalue weighted by Gasteiger charge is -2.38. The molecule has 0 radical (unpaired) electrons. The number of rotatable bonds is 3. The van der Waals surface area contributed by atoms with Crippen LogP contribution in [-0.2, 0) is 9.59 Å². The molecule has 0 aliphatic heterocycles. The second kappa shape index (κ2) is 3.44. The Labute approximate surface area is 103 Å². The molecule has 94 valence electrons. The summed E-state index contributed by atoms with van der Waals surface area (Å²) >= 11 is 0. The van der Waals surface area contributed by atoms with Crippen molar-refractivity contribution in [2.75, 3.05) is 6.54 Å². The van der Waals surface area contributed by atoms with E-state index in [-0.39, 0.29) is 22.5 Å². The molecule has 2 rings (SSSR count). The van der Waals surface area contributed by atoms with Crippen LogP contribution in [0.3, 0.4) is 0 Å². The Morgan fingerprint density at radius 3 is 2.47 bits per heavy atom. The lowest BCUT2D eigenvalue weighted by Crippen LogP contribution is -2.46. The lowest BCUT2D eigenvalue weighted by molar-refractivity contribution is -0.136. The molecule has 17 heavy (non-hydrogen) atoms. The standard InChI is InChI=1S/C14H21NO2/c1-5-8-15-11(17)14-7-6-13(4,10(16)9-14)12(14,2)3/h5H,1,6-9H2,2-4H3,(H,15,17)/t13-,14-/m0/s1. The highest BCUT2D eigenvalue weighted by Crippen LogP contribution is 2.70. The average Bonchev–Trinajstić information content (AvgIpc) is 2.56. The third-order valence-corrected chi connectivity index (χ3v) is 5.55. The molecule has 0 saturated heterocycles. The number of Topliss-reactive ketones (excluding diaryl/α,β-unsaturated/α-hetero) is 1. The zero-order valence-electron chi connectivity index (χ0n) is 10.9. The van der Waals surface area contributed by atoms with E-state index < -0.39 is 5.41 Å². The van der Waals surface area contributed by atoms with Gasteiger partial charge in [-0.1, -0.05) is 26.8 Å². The third kappa shape index (κ3) is 1.23. The van der Waals surface area contributed by atoms with Crippen LogP contribution in [0.15, 0.2) is 12.7 Å². The molecule has 1 N–H and O–H groups in total. The van der Waals surface area contributed by atoms with Crippen LogP contribution in [0.4, 0.5) is 0 Å². The van der Waals surface area contributed by atoms with Crippen molar-refractivity contribution in [2.24, 2.45) is 16.2 Å². The fraction of sp³-hybridized carbons (Fsp3) is 0.714. The third-order valence-electron chi connectivity index (χ3n) is 5.55. The zero-order valence-corrected chi connectivity index (χ0v) is 10.9. The van der Waals surface area contributed by atoms with Crippen molar-refractivity contribution in [1.29, 1.82) is 0 Å². The fourth-order valence-electron chi connectivity index (χ4n) is 3.69. The van der Waals surface area contributed by atoms with Gasteiger partial charge in [-0.3, -0.25) is 9.59 Å². The van der Waals surface area contributed by atoms with Gasteiger partial charge < -0.3 is 5.32 Å². The Kier molecular flexibility index (Phi) is 2.49. The minimum Gasteiger partial charge on any atom is -0.352 e. The molecule has 2 saturated carbocycles. The largest absolute Gasteiger partial charge is 0.352 e. The Bertz CT molecular complexity index is 399. The Hall–Kier alpha value is -1.12. The molecule has 1 amide bonds. The number of hydrogen-bond acceptors (Lipinski definition) is 2. The normalized spacial score (nSPS) is 38.2. The van der Waals surface area contributed by atoms with Gasteiger partial charge in [0.05, 0.1) is 5.41 Å². The molecule has 2 aliphatic carbocycles. The Morgan fingerprint density at radius 2 is 2.06 bits per heavy atom. The van der Waals surface area contributed by atoms with Gasteiger partial charge in [0.15, 0.2) is 0 Å². The Morgan fingerprint density at radius 1 is 1.41 bits per heavy atom. The summed E-state index contributed by atoms with van der Waals surface area (Å²) in [4.78, 5) is 24.5. The molecular weight excluding hydrogens is 214 g/mol. The molecule has 3 nitrogen and oxygen atoms in total. The van der Waals surface area contributed by atoms with Crippen molar-refractivity contribution in [1.82, 2.24) is 5.32 Å². The number of nitrogens with one attached hydrogen (secondary N) is 1. The number of carbonyl (C=O) groups is 2. The second-order valence-electron chi connectivity index (χ2n) is 6.14. The van der Waals surface area contributed by atoms with Gasteiger partial charge in [-0.15, -0.1) is 6.58 Å². The van der Waals surface area contributed by atoms with Gasteiger partial charge in [0, 0.05) is 18.4 Å². The number of hydrogen-bond donors (Lipinski definition) is 1. The Balaban J connectivity index is 2.36. The van der Waals surface area contributed by atoms with E-state index in [1.807, 2.05) is 6.92 Å². The highest BCUT2D eigenvalue weighted by molar-refractivity contribution is 5.99. The summed E-state index contributed by atoms with van der Waals surface area (Å²) in [6, 6.07) is 0. The highest BCUT2D eigenvalue weighted by atomic mass is 16.2. The first-order valence-corrected chi connectivity index (χ1v) is 6.24. The van der Waals surface area contributed by atoms with Gasteiger partial charge in [0.25, 0.3) is 0 Å². The molecule has 0 unspecified atom stereocenters. The SMILES string of the molecule is C=CCNC(=O)[C@]12CC[C@@](C)(C(=O)C1)C2(C)C. The summed E-state index contributed by atoms with van der Waals surface area (Å²) in [6.07, 6.45) is 3.73. The minimum atomic E-state index is -0.498. The van der Waals surface area contributed by atoms with E-state index in [0.717, 1.165) is 12.8 Å². The summed E-state index contributed by atoms with van der Waals surface area (Å²) < 4.78 is 0. The lowest BCUT2D eigenvalue weighted by atomic mass is 9.64. The van der Waals surface area contributed by atoms with Gasteiger partial charge in [0.2, 0.25) is 5.91 Å². The van der Waals surface area contributed by atoms with E-state index in [2.05, 4.69) is 25.7 Å². The smallest absolute Gasteiger partial charge is 0.227 e. The van der Waals surface area contributed by atoms with Crippen LogP contribution in [-0.4, -0.2) is 18.2 Å². The number of carbonyl (C=O) groups excluding carboxylic acids is 2. The van der Waals surface area contributed by atoms with E-state index in [1.54, 1.807) is 6.08 Å². The summed E-state index contributed by atoms with van der Waals surface area (Å²) in [6.45, 7) is 10.2. The van der Waals surface area contributed by atoms with Crippen LogP contribution < -0.4 is 5.32 Å². The van der Waals surface area contributed by atoms with Crippen LogP contribution in [0.25, 0.3) is 0 Å². The predicted molar refractivity (Wildman–Crippen MR) is 66.4 cm³/mol. The number of ketones is 1. The topological polar surface area (TPSA) is 46.2 Å². The van der Waals surface area contributed by atoms with E-state index >= 15 is 0 Å². The molecule has 2 bridgehead atoms. The van der Waals surface area contributed by atoms with Crippen LogP contribution in [0.5, 0.6) is 0 Å². The maximum Gasteiger partial charge on any atom is 0.227 e. The maximum absolute atomic E-state index is 12.4. The van der Waals surface area contributed by atoms with E-state index in [0.29, 0.717) is 13.0 Å². The van der Waals surface area contributed by atoms with Gasteiger partial charge in [-0.25, -0.2) is 0 Å². The maximum atomic E-state index is 12.4. The minimum absolute atomic E-state index is 0.0250. The number of fused-ring (bicyclic) bond motifs is 2. The summed E-state index contributed by atoms with van der Waals surface area (Å²) in [5.74, 6) is 0.277. The quantitative estimate of drug-likeness (QED) is 0.761. The van der Waals surface area contributed by atoms with Crippen molar-refractivity contribution in [3.8, 4) is 0 Å². The molecule has 3 heteroatoms. The van der Waals surface area contributed by atoms with Crippen molar-refractivity contribution in [2.45, 2.75) is 40.0 Å². The average molecular weight is 235 g/mol. The van der Waals surface area contributed by atoms with E-state index in [1.165, 1.54) is 0 Å². The van der Waals surface area contributed by atoms with Gasteiger partial charge in [-0.05, 0) is 18.3 Å². The molecule has 0 spiro atoms. The predicted octanol–water partition coefficient (Wildman–Crippen LogP) is 2.07. The molecule has 2 aliphatic rings. The zero-order chi connectivity index (χ0) is 12.9. The first-order valence-electron chi connectivity index (χ1n) is 6.24. The van der Waals surface area contributed by atoms with Gasteiger partial charge in [0.1, 0.15) is 5.78 Å². The van der Waals surface area contributed by atoms with Crippen molar-refractivity contribution >= 4 is 11.7 Å². The van der Waals surface area contributed by atoms with E-state index in [9.17, 15) is 9.59 Å². The summed E-state index contributed by atoms with van der Waals surface area (Å²) in [7, 11) is 0. The van der Waals surface area contributed by atoms with Crippen molar-refractivity contribution in [3.63, 3.8) is 0 Å². The van der Waals surface area contributed by atoms with E-state index in [4.69, 9.17) is 0 Å².